The molecular formula is C13H28N2S. The fraction of sp³-hybridized carbons (Fsp3) is 1.00. The molecule has 1 saturated heterocycles. The molecule has 1 aliphatic heterocycles. The van der Waals surface area contributed by atoms with Crippen molar-refractivity contribution in [2.75, 3.05) is 31.6 Å². The van der Waals surface area contributed by atoms with Crippen LogP contribution in [0.3, 0.4) is 0 Å². The highest BCUT2D eigenvalue weighted by Gasteiger charge is 2.28. The summed E-state index contributed by atoms with van der Waals surface area (Å²) in [6, 6.07) is 1.46. The van der Waals surface area contributed by atoms with Crippen LogP contribution in [0, 0.1) is 5.92 Å². The summed E-state index contributed by atoms with van der Waals surface area (Å²) in [5.74, 6) is 2.03. The predicted octanol–water partition coefficient (Wildman–Crippen LogP) is 2.45. The number of hydrogen-bond acceptors (Lipinski definition) is 3. The SMILES string of the molecule is CCCC1CN(CCSC)C(C(C)C)CN1. The van der Waals surface area contributed by atoms with Gasteiger partial charge in [-0.2, -0.15) is 11.8 Å². The van der Waals surface area contributed by atoms with Crippen molar-refractivity contribution in [2.45, 2.75) is 45.7 Å². The van der Waals surface area contributed by atoms with Gasteiger partial charge in [0.2, 0.25) is 0 Å². The van der Waals surface area contributed by atoms with Crippen molar-refractivity contribution in [1.29, 1.82) is 0 Å². The van der Waals surface area contributed by atoms with Crippen LogP contribution in [0.15, 0.2) is 0 Å². The van der Waals surface area contributed by atoms with Crippen molar-refractivity contribution in [1.82, 2.24) is 10.2 Å². The van der Waals surface area contributed by atoms with Crippen LogP contribution in [0.5, 0.6) is 0 Å². The van der Waals surface area contributed by atoms with Crippen LogP contribution < -0.4 is 5.32 Å². The van der Waals surface area contributed by atoms with Crippen molar-refractivity contribution in [2.24, 2.45) is 5.92 Å². The zero-order valence-corrected chi connectivity index (χ0v) is 12.1. The lowest BCUT2D eigenvalue weighted by atomic mass is 9.97. The van der Waals surface area contributed by atoms with Gasteiger partial charge in [0.1, 0.15) is 0 Å². The third kappa shape index (κ3) is 4.27. The molecule has 1 aliphatic rings. The minimum absolute atomic E-state index is 0.724. The summed E-state index contributed by atoms with van der Waals surface area (Å²) in [5, 5.41) is 3.71. The van der Waals surface area contributed by atoms with E-state index >= 15 is 0 Å². The van der Waals surface area contributed by atoms with E-state index in [1.807, 2.05) is 11.8 Å². The zero-order chi connectivity index (χ0) is 12.0. The van der Waals surface area contributed by atoms with Crippen LogP contribution in [0.2, 0.25) is 0 Å². The highest BCUT2D eigenvalue weighted by atomic mass is 32.2. The number of hydrogen-bond donors (Lipinski definition) is 1. The van der Waals surface area contributed by atoms with Gasteiger partial charge in [0, 0.05) is 37.5 Å². The predicted molar refractivity (Wildman–Crippen MR) is 75.3 cm³/mol. The lowest BCUT2D eigenvalue weighted by Crippen LogP contribution is -2.58. The molecule has 96 valence electrons. The monoisotopic (exact) mass is 244 g/mol. The first-order valence-electron chi connectivity index (χ1n) is 6.65. The Balaban J connectivity index is 2.47. The summed E-state index contributed by atoms with van der Waals surface area (Å²) < 4.78 is 0. The van der Waals surface area contributed by atoms with Gasteiger partial charge >= 0.3 is 0 Å². The van der Waals surface area contributed by atoms with Gasteiger partial charge in [-0.3, -0.25) is 4.90 Å². The summed E-state index contributed by atoms with van der Waals surface area (Å²) in [5.41, 5.74) is 0. The highest BCUT2D eigenvalue weighted by molar-refractivity contribution is 7.98. The van der Waals surface area contributed by atoms with E-state index in [4.69, 9.17) is 0 Å². The second-order valence-corrected chi connectivity index (χ2v) is 6.18. The fourth-order valence-corrected chi connectivity index (χ4v) is 2.98. The molecule has 2 unspecified atom stereocenters. The van der Waals surface area contributed by atoms with Crippen molar-refractivity contribution in [3.63, 3.8) is 0 Å². The number of piperazine rings is 1. The molecule has 2 atom stereocenters. The van der Waals surface area contributed by atoms with Crippen molar-refractivity contribution < 1.29 is 0 Å². The van der Waals surface area contributed by atoms with Crippen molar-refractivity contribution >= 4 is 11.8 Å². The number of nitrogens with zero attached hydrogens (tertiary/aromatic N) is 1. The van der Waals surface area contributed by atoms with Gasteiger partial charge in [-0.15, -0.1) is 0 Å². The molecule has 16 heavy (non-hydrogen) atoms. The second kappa shape index (κ2) is 7.57. The quantitative estimate of drug-likeness (QED) is 0.772. The lowest BCUT2D eigenvalue weighted by Gasteiger charge is -2.42. The maximum absolute atomic E-state index is 3.71. The van der Waals surface area contributed by atoms with E-state index in [-0.39, 0.29) is 0 Å². The molecule has 0 amide bonds. The molecule has 0 bridgehead atoms. The highest BCUT2D eigenvalue weighted by Crippen LogP contribution is 2.17. The molecule has 3 heteroatoms. The first-order valence-corrected chi connectivity index (χ1v) is 8.04. The average molecular weight is 244 g/mol. The van der Waals surface area contributed by atoms with Gasteiger partial charge < -0.3 is 5.32 Å². The van der Waals surface area contributed by atoms with Crippen LogP contribution in [0.25, 0.3) is 0 Å². The fourth-order valence-electron chi connectivity index (χ4n) is 2.56. The first kappa shape index (κ1) is 14.3. The molecule has 0 aromatic carbocycles. The van der Waals surface area contributed by atoms with Gasteiger partial charge in [0.25, 0.3) is 0 Å². The molecule has 2 nitrogen and oxygen atoms in total. The lowest BCUT2D eigenvalue weighted by molar-refractivity contribution is 0.103. The average Bonchev–Trinajstić information content (AvgIpc) is 2.26. The van der Waals surface area contributed by atoms with E-state index in [1.165, 1.54) is 38.2 Å². The molecule has 1 rings (SSSR count). The number of nitrogens with one attached hydrogen (secondary N) is 1. The maximum atomic E-state index is 3.71. The van der Waals surface area contributed by atoms with Gasteiger partial charge in [-0.05, 0) is 18.6 Å². The summed E-state index contributed by atoms with van der Waals surface area (Å²) >= 11 is 1.96. The van der Waals surface area contributed by atoms with E-state index < -0.39 is 0 Å². The normalized spacial score (nSPS) is 27.6. The molecule has 0 saturated carbocycles. The summed E-state index contributed by atoms with van der Waals surface area (Å²) in [6.45, 7) is 10.7. The van der Waals surface area contributed by atoms with Gasteiger partial charge in [-0.1, -0.05) is 27.2 Å². The van der Waals surface area contributed by atoms with Gasteiger partial charge in [0.15, 0.2) is 0 Å². The largest absolute Gasteiger partial charge is 0.311 e. The Morgan fingerprint density at radius 2 is 2.19 bits per heavy atom. The summed E-state index contributed by atoms with van der Waals surface area (Å²) in [6.07, 6.45) is 4.82. The standard InChI is InChI=1S/C13H28N2S/c1-5-6-12-10-15(7-8-16-4)13(9-14-12)11(2)3/h11-14H,5-10H2,1-4H3. The zero-order valence-electron chi connectivity index (χ0n) is 11.3. The minimum atomic E-state index is 0.724. The van der Waals surface area contributed by atoms with E-state index in [9.17, 15) is 0 Å². The molecule has 1 fully saturated rings. The third-order valence-corrected chi connectivity index (χ3v) is 4.12. The topological polar surface area (TPSA) is 15.3 Å². The Labute approximate surface area is 106 Å². The van der Waals surface area contributed by atoms with E-state index in [0.717, 1.165) is 18.0 Å². The third-order valence-electron chi connectivity index (χ3n) is 3.53. The maximum Gasteiger partial charge on any atom is 0.0244 e. The molecule has 0 aliphatic carbocycles. The van der Waals surface area contributed by atoms with Crippen LogP contribution in [0.1, 0.15) is 33.6 Å². The number of thioether (sulfide) groups is 1. The van der Waals surface area contributed by atoms with E-state index in [1.54, 1.807) is 0 Å². The van der Waals surface area contributed by atoms with Crippen LogP contribution in [0.4, 0.5) is 0 Å². The molecule has 0 radical (unpaired) electrons. The Kier molecular flexibility index (Phi) is 6.78. The molecule has 0 aromatic rings. The van der Waals surface area contributed by atoms with E-state index in [0.29, 0.717) is 0 Å². The Morgan fingerprint density at radius 1 is 1.44 bits per heavy atom. The van der Waals surface area contributed by atoms with Crippen LogP contribution in [-0.2, 0) is 0 Å². The molecule has 0 spiro atoms. The van der Waals surface area contributed by atoms with Gasteiger partial charge in [0.05, 0.1) is 0 Å². The van der Waals surface area contributed by atoms with Gasteiger partial charge in [-0.25, -0.2) is 0 Å². The number of rotatable bonds is 6. The van der Waals surface area contributed by atoms with Crippen molar-refractivity contribution in [3.8, 4) is 0 Å². The Hall–Kier alpha value is 0.270. The second-order valence-electron chi connectivity index (χ2n) is 5.19. The first-order chi connectivity index (χ1) is 7.69. The molecule has 0 aromatic heterocycles. The minimum Gasteiger partial charge on any atom is -0.311 e. The molecule has 1 N–H and O–H groups in total. The Bertz CT molecular complexity index is 185. The summed E-state index contributed by atoms with van der Waals surface area (Å²) in [7, 11) is 0. The van der Waals surface area contributed by atoms with Crippen LogP contribution in [-0.4, -0.2) is 48.6 Å². The van der Waals surface area contributed by atoms with Crippen molar-refractivity contribution in [3.05, 3.63) is 0 Å². The van der Waals surface area contributed by atoms with E-state index in [2.05, 4.69) is 37.2 Å². The molecular weight excluding hydrogens is 216 g/mol. The van der Waals surface area contributed by atoms with Crippen LogP contribution >= 0.6 is 11.8 Å². The Morgan fingerprint density at radius 3 is 2.75 bits per heavy atom. The summed E-state index contributed by atoms with van der Waals surface area (Å²) in [4.78, 5) is 2.71. The smallest absolute Gasteiger partial charge is 0.0244 e. The molecule has 1 heterocycles.